The van der Waals surface area contributed by atoms with E-state index in [0.717, 1.165) is 4.21 Å². The number of nitriles is 1. The Bertz CT molecular complexity index is 880. The number of rotatable bonds is 4. The van der Waals surface area contributed by atoms with Gasteiger partial charge in [0.2, 0.25) is 9.84 Å². The molecular formula is C14H9Cl2NO2S3. The van der Waals surface area contributed by atoms with Crippen LogP contribution in [0, 0.1) is 11.3 Å². The molecule has 1 heterocycles. The number of thioether (sulfide) groups is 1. The van der Waals surface area contributed by atoms with Crippen molar-refractivity contribution in [2.24, 2.45) is 0 Å². The Balaban J connectivity index is 2.51. The molecule has 0 saturated carbocycles. The third-order valence-electron chi connectivity index (χ3n) is 2.66. The molecule has 2 rings (SSSR count). The molecule has 3 nitrogen and oxygen atoms in total. The molecule has 114 valence electrons. The van der Waals surface area contributed by atoms with E-state index < -0.39 is 9.84 Å². The second kappa shape index (κ2) is 7.07. The maximum atomic E-state index is 12.6. The van der Waals surface area contributed by atoms with Crippen LogP contribution in [0.15, 0.2) is 44.3 Å². The Kier molecular flexibility index (Phi) is 5.59. The van der Waals surface area contributed by atoms with Crippen LogP contribution in [-0.2, 0) is 9.84 Å². The lowest BCUT2D eigenvalue weighted by atomic mass is 10.4. The number of thiophene rings is 1. The second-order valence-electron chi connectivity index (χ2n) is 4.06. The van der Waals surface area contributed by atoms with Gasteiger partial charge in [0.25, 0.3) is 0 Å². The molecule has 0 fully saturated rings. The lowest BCUT2D eigenvalue weighted by Gasteiger charge is -2.05. The zero-order chi connectivity index (χ0) is 16.3. The molecular weight excluding hydrogens is 381 g/mol. The van der Waals surface area contributed by atoms with Gasteiger partial charge in [-0.3, -0.25) is 0 Å². The van der Waals surface area contributed by atoms with E-state index in [0.29, 0.717) is 9.90 Å². The van der Waals surface area contributed by atoms with Gasteiger partial charge in [0.15, 0.2) is 4.91 Å². The molecule has 0 bridgehead atoms. The van der Waals surface area contributed by atoms with Crippen molar-refractivity contribution in [3.05, 3.63) is 50.2 Å². The van der Waals surface area contributed by atoms with Crippen LogP contribution in [0.2, 0.25) is 10.0 Å². The molecule has 0 N–H and O–H groups in total. The van der Waals surface area contributed by atoms with Crippen LogP contribution >= 0.6 is 46.3 Å². The highest BCUT2D eigenvalue weighted by Crippen LogP contribution is 2.32. The van der Waals surface area contributed by atoms with Gasteiger partial charge < -0.3 is 0 Å². The van der Waals surface area contributed by atoms with Gasteiger partial charge in [-0.2, -0.15) is 5.26 Å². The van der Waals surface area contributed by atoms with Crippen molar-refractivity contribution in [1.29, 1.82) is 5.26 Å². The van der Waals surface area contributed by atoms with Crippen molar-refractivity contribution in [2.45, 2.75) is 9.10 Å². The van der Waals surface area contributed by atoms with Crippen molar-refractivity contribution in [1.82, 2.24) is 0 Å². The molecule has 1 aromatic heterocycles. The maximum absolute atomic E-state index is 12.6. The highest BCUT2D eigenvalue weighted by atomic mass is 35.5. The first-order valence-corrected chi connectivity index (χ1v) is 10.1. The molecule has 0 aliphatic carbocycles. The normalized spacial score (nSPS) is 12.2. The van der Waals surface area contributed by atoms with Crippen molar-refractivity contribution in [3.63, 3.8) is 0 Å². The van der Waals surface area contributed by atoms with Crippen LogP contribution in [0.25, 0.3) is 6.08 Å². The third kappa shape index (κ3) is 3.67. The smallest absolute Gasteiger partial charge is 0.218 e. The van der Waals surface area contributed by atoms with Crippen LogP contribution in [0.5, 0.6) is 0 Å². The standard InChI is InChI=1S/C14H9Cl2NO2S3/c1-20-14-5-3-10(21-14)7-11(8-17)22(18,19)13-4-2-9(15)6-12(13)16/h2-7H,1H3/b11-7-. The summed E-state index contributed by atoms with van der Waals surface area (Å²) in [5.74, 6) is 0. The minimum Gasteiger partial charge on any atom is -0.218 e. The van der Waals surface area contributed by atoms with Gasteiger partial charge >= 0.3 is 0 Å². The number of sulfone groups is 1. The monoisotopic (exact) mass is 389 g/mol. The number of nitrogens with zero attached hydrogens (tertiary/aromatic N) is 1. The molecule has 0 aliphatic heterocycles. The summed E-state index contributed by atoms with van der Waals surface area (Å²) in [5, 5.41) is 9.55. The third-order valence-corrected chi connectivity index (χ3v) is 7.16. The van der Waals surface area contributed by atoms with Gasteiger partial charge in [0.05, 0.1) is 14.1 Å². The molecule has 0 amide bonds. The van der Waals surface area contributed by atoms with Crippen LogP contribution in [0.4, 0.5) is 0 Å². The van der Waals surface area contributed by atoms with E-state index in [2.05, 4.69) is 0 Å². The summed E-state index contributed by atoms with van der Waals surface area (Å²) in [6, 6.07) is 9.44. The lowest BCUT2D eigenvalue weighted by molar-refractivity contribution is 0.603. The van der Waals surface area contributed by atoms with E-state index in [1.165, 1.54) is 35.6 Å². The summed E-state index contributed by atoms with van der Waals surface area (Å²) in [6.07, 6.45) is 3.28. The van der Waals surface area contributed by atoms with E-state index in [4.69, 9.17) is 23.2 Å². The highest BCUT2D eigenvalue weighted by molar-refractivity contribution is 8.00. The van der Waals surface area contributed by atoms with Crippen LogP contribution in [0.3, 0.4) is 0 Å². The Morgan fingerprint density at radius 1 is 1.32 bits per heavy atom. The van der Waals surface area contributed by atoms with Crippen molar-refractivity contribution < 1.29 is 8.42 Å². The molecule has 0 unspecified atom stereocenters. The maximum Gasteiger partial charge on any atom is 0.218 e. The van der Waals surface area contributed by atoms with Gasteiger partial charge in [0, 0.05) is 9.90 Å². The summed E-state index contributed by atoms with van der Waals surface area (Å²) >= 11 is 14.7. The fourth-order valence-electron chi connectivity index (χ4n) is 1.63. The predicted octanol–water partition coefficient (Wildman–Crippen LogP) is 5.12. The summed E-state index contributed by atoms with van der Waals surface area (Å²) in [5.41, 5.74) is 0. The predicted molar refractivity (Wildman–Crippen MR) is 93.3 cm³/mol. The first-order valence-electron chi connectivity index (χ1n) is 5.84. The zero-order valence-electron chi connectivity index (χ0n) is 11.2. The number of halogens is 2. The van der Waals surface area contributed by atoms with E-state index >= 15 is 0 Å². The minimum absolute atomic E-state index is 0.00960. The number of hydrogen-bond acceptors (Lipinski definition) is 5. The first kappa shape index (κ1) is 17.4. The zero-order valence-corrected chi connectivity index (χ0v) is 15.2. The van der Waals surface area contributed by atoms with Crippen LogP contribution in [0.1, 0.15) is 4.88 Å². The molecule has 2 aromatic rings. The van der Waals surface area contributed by atoms with Gasteiger partial charge in [0.1, 0.15) is 6.07 Å². The Hall–Kier alpha value is -0.970. The van der Waals surface area contributed by atoms with E-state index in [1.807, 2.05) is 12.3 Å². The van der Waals surface area contributed by atoms with E-state index in [-0.39, 0.29) is 14.8 Å². The Morgan fingerprint density at radius 3 is 2.59 bits per heavy atom. The number of hydrogen-bond donors (Lipinski definition) is 0. The van der Waals surface area contributed by atoms with Crippen molar-refractivity contribution in [3.8, 4) is 6.07 Å². The molecule has 0 atom stereocenters. The van der Waals surface area contributed by atoms with E-state index in [1.54, 1.807) is 23.9 Å². The molecule has 0 saturated heterocycles. The molecule has 0 radical (unpaired) electrons. The molecule has 0 spiro atoms. The quantitative estimate of drug-likeness (QED) is 0.537. The fourth-order valence-corrected chi connectivity index (χ4v) is 5.13. The summed E-state index contributed by atoms with van der Waals surface area (Å²) in [4.78, 5) is 0.203. The van der Waals surface area contributed by atoms with Gasteiger partial charge in [-0.25, -0.2) is 8.42 Å². The van der Waals surface area contributed by atoms with Gasteiger partial charge in [-0.05, 0) is 42.7 Å². The highest BCUT2D eigenvalue weighted by Gasteiger charge is 2.24. The SMILES string of the molecule is CSc1ccc(/C=C(/C#N)S(=O)(=O)c2ccc(Cl)cc2Cl)s1. The minimum atomic E-state index is -3.98. The average Bonchev–Trinajstić information content (AvgIpc) is 2.91. The fraction of sp³-hybridized carbons (Fsp3) is 0.0714. The summed E-state index contributed by atoms with van der Waals surface area (Å²) in [7, 11) is -3.98. The van der Waals surface area contributed by atoms with Crippen LogP contribution < -0.4 is 0 Å². The van der Waals surface area contributed by atoms with Crippen molar-refractivity contribution >= 4 is 62.2 Å². The summed E-state index contributed by atoms with van der Waals surface area (Å²) in [6.45, 7) is 0. The molecule has 22 heavy (non-hydrogen) atoms. The Morgan fingerprint density at radius 2 is 2.05 bits per heavy atom. The summed E-state index contributed by atoms with van der Waals surface area (Å²) < 4.78 is 26.1. The topological polar surface area (TPSA) is 57.9 Å². The number of allylic oxidation sites excluding steroid dienone is 1. The second-order valence-corrected chi connectivity index (χ2v) is 9.01. The van der Waals surface area contributed by atoms with E-state index in [9.17, 15) is 13.7 Å². The Labute approximate surface area is 147 Å². The molecule has 8 heteroatoms. The average molecular weight is 390 g/mol. The number of benzene rings is 1. The molecule has 1 aromatic carbocycles. The van der Waals surface area contributed by atoms with Gasteiger partial charge in [-0.1, -0.05) is 23.2 Å². The van der Waals surface area contributed by atoms with Crippen LogP contribution in [-0.4, -0.2) is 14.7 Å². The first-order chi connectivity index (χ1) is 10.4. The van der Waals surface area contributed by atoms with Gasteiger partial charge in [-0.15, -0.1) is 23.1 Å². The van der Waals surface area contributed by atoms with Crippen molar-refractivity contribution in [2.75, 3.05) is 6.26 Å². The molecule has 0 aliphatic rings. The largest absolute Gasteiger partial charge is 0.218 e. The lowest BCUT2D eigenvalue weighted by Crippen LogP contribution is -2.04.